The number of carbonyl (C=O) groups excluding carboxylic acids is 1. The molecule has 1 aliphatic carbocycles. The molecule has 0 radical (unpaired) electrons. The fraction of sp³-hybridized carbons (Fsp3) is 0.733. The fourth-order valence-corrected chi connectivity index (χ4v) is 4.82. The number of rotatable bonds is 15. The third-order valence-corrected chi connectivity index (χ3v) is 7.05. The lowest BCUT2D eigenvalue weighted by atomic mass is 9.89. The van der Waals surface area contributed by atoms with Gasteiger partial charge in [0.2, 0.25) is 0 Å². The molecule has 216 valence electrons. The molecule has 1 aromatic carbocycles. The highest BCUT2D eigenvalue weighted by Crippen LogP contribution is 2.35. The molecule has 1 heterocycles. The first kappa shape index (κ1) is 31.9. The normalized spacial score (nSPS) is 13.7. The summed E-state index contributed by atoms with van der Waals surface area (Å²) in [6.45, 7) is 11.9. The van der Waals surface area contributed by atoms with E-state index in [1.54, 1.807) is 7.11 Å². The van der Waals surface area contributed by atoms with Gasteiger partial charge in [-0.2, -0.15) is 0 Å². The molecule has 38 heavy (non-hydrogen) atoms. The van der Waals surface area contributed by atoms with Gasteiger partial charge < -0.3 is 24.1 Å². The van der Waals surface area contributed by atoms with Crippen LogP contribution in [0.3, 0.4) is 0 Å². The molecule has 1 fully saturated rings. The molecule has 0 unspecified atom stereocenters. The fourth-order valence-electron chi connectivity index (χ4n) is 4.82. The Morgan fingerprint density at radius 3 is 2.29 bits per heavy atom. The number of benzene rings is 1. The Morgan fingerprint density at radius 2 is 1.66 bits per heavy atom. The molecule has 1 aromatic heterocycles. The summed E-state index contributed by atoms with van der Waals surface area (Å²) in [4.78, 5) is 23.0. The van der Waals surface area contributed by atoms with Crippen molar-refractivity contribution in [3.63, 3.8) is 0 Å². The van der Waals surface area contributed by atoms with Crippen LogP contribution in [0, 0.1) is 0 Å². The number of amides is 1. The summed E-state index contributed by atoms with van der Waals surface area (Å²) in [6, 6.07) is 4.04. The Hall–Kier alpha value is -2.32. The van der Waals surface area contributed by atoms with Crippen molar-refractivity contribution >= 4 is 28.5 Å². The Balaban J connectivity index is 0.000000638. The van der Waals surface area contributed by atoms with Gasteiger partial charge in [0.25, 0.3) is 0 Å². The van der Waals surface area contributed by atoms with Gasteiger partial charge in [-0.1, -0.05) is 65.2 Å². The number of H-pyrrole nitrogens is 1. The van der Waals surface area contributed by atoms with Crippen LogP contribution in [0.1, 0.15) is 104 Å². The largest absolute Gasteiger partial charge is 0.447 e. The summed E-state index contributed by atoms with van der Waals surface area (Å²) in [5, 5.41) is 2.91. The van der Waals surface area contributed by atoms with E-state index in [-0.39, 0.29) is 6.61 Å². The summed E-state index contributed by atoms with van der Waals surface area (Å²) in [5.74, 6) is 1.56. The van der Waals surface area contributed by atoms with Crippen LogP contribution in [0.4, 0.5) is 16.2 Å². The second kappa shape index (κ2) is 18.9. The standard InChI is InChI=1S/C23H36N4O4.C7H16/c1-4-27(5-2)21-16-19-18(24-22(25-19)17-9-7-6-8-10-17)15-20(21)26-23(28)31-14-13-30-12-11-29-3;1-3-5-7-6-4-2/h15-17H,4-14H2,1-3H3,(H,24,25)(H,26,28);3-7H2,1-2H3. The predicted octanol–water partition coefficient (Wildman–Crippen LogP) is 7.65. The number of anilines is 2. The highest BCUT2D eigenvalue weighted by molar-refractivity contribution is 5.95. The number of hydrogen-bond donors (Lipinski definition) is 2. The molecule has 2 N–H and O–H groups in total. The molecule has 2 aromatic rings. The molecule has 1 saturated carbocycles. The van der Waals surface area contributed by atoms with Crippen LogP contribution in [0.5, 0.6) is 0 Å². The smallest absolute Gasteiger partial charge is 0.411 e. The Kier molecular flexibility index (Phi) is 15.8. The maximum atomic E-state index is 12.4. The zero-order valence-corrected chi connectivity index (χ0v) is 24.6. The number of fused-ring (bicyclic) bond motifs is 1. The van der Waals surface area contributed by atoms with Crippen LogP contribution in [-0.2, 0) is 14.2 Å². The lowest BCUT2D eigenvalue weighted by Gasteiger charge is -2.24. The summed E-state index contributed by atoms with van der Waals surface area (Å²) in [5.41, 5.74) is 3.55. The third-order valence-electron chi connectivity index (χ3n) is 7.05. The van der Waals surface area contributed by atoms with Gasteiger partial charge in [-0.05, 0) is 38.8 Å². The first-order chi connectivity index (χ1) is 18.6. The van der Waals surface area contributed by atoms with Gasteiger partial charge in [0.05, 0.1) is 42.2 Å². The minimum atomic E-state index is -0.491. The van der Waals surface area contributed by atoms with E-state index in [0.29, 0.717) is 25.7 Å². The minimum absolute atomic E-state index is 0.189. The van der Waals surface area contributed by atoms with Crippen LogP contribution in [0.25, 0.3) is 11.0 Å². The molecule has 0 aliphatic heterocycles. The SMILES string of the molecule is CCCCCCC.CCN(CC)c1cc2nc(C3CCCCC3)[nH]c2cc1NC(=O)OCCOCCOC. The van der Waals surface area contributed by atoms with Gasteiger partial charge in [0.1, 0.15) is 12.4 Å². The quantitative estimate of drug-likeness (QED) is 0.229. The van der Waals surface area contributed by atoms with Crippen molar-refractivity contribution in [3.8, 4) is 0 Å². The van der Waals surface area contributed by atoms with Crippen LogP contribution in [0.15, 0.2) is 12.1 Å². The maximum Gasteiger partial charge on any atom is 0.411 e. The Labute approximate surface area is 230 Å². The molecule has 8 heteroatoms. The van der Waals surface area contributed by atoms with E-state index >= 15 is 0 Å². The van der Waals surface area contributed by atoms with E-state index in [9.17, 15) is 4.79 Å². The Morgan fingerprint density at radius 1 is 0.974 bits per heavy atom. The zero-order chi connectivity index (χ0) is 27.6. The van der Waals surface area contributed by atoms with Gasteiger partial charge in [-0.15, -0.1) is 0 Å². The number of carbonyl (C=O) groups is 1. The van der Waals surface area contributed by atoms with Gasteiger partial charge >= 0.3 is 6.09 Å². The van der Waals surface area contributed by atoms with Crippen LogP contribution < -0.4 is 10.2 Å². The van der Waals surface area contributed by atoms with Gasteiger partial charge in [0, 0.05) is 26.1 Å². The van der Waals surface area contributed by atoms with E-state index in [1.807, 2.05) is 6.07 Å². The van der Waals surface area contributed by atoms with Crippen molar-refractivity contribution in [1.29, 1.82) is 0 Å². The lowest BCUT2D eigenvalue weighted by molar-refractivity contribution is 0.0447. The second-order valence-electron chi connectivity index (χ2n) is 9.94. The average Bonchev–Trinajstić information content (AvgIpc) is 3.35. The number of hydrogen-bond acceptors (Lipinski definition) is 6. The monoisotopic (exact) mass is 532 g/mol. The summed E-state index contributed by atoms with van der Waals surface area (Å²) in [7, 11) is 1.62. The number of methoxy groups -OCH3 is 1. The summed E-state index contributed by atoms with van der Waals surface area (Å²) >= 11 is 0. The van der Waals surface area contributed by atoms with Gasteiger partial charge in [-0.25, -0.2) is 9.78 Å². The average molecular weight is 533 g/mol. The van der Waals surface area contributed by atoms with Crippen LogP contribution in [0.2, 0.25) is 0 Å². The minimum Gasteiger partial charge on any atom is -0.447 e. The van der Waals surface area contributed by atoms with E-state index in [1.165, 1.54) is 64.2 Å². The lowest BCUT2D eigenvalue weighted by Crippen LogP contribution is -2.24. The highest BCUT2D eigenvalue weighted by Gasteiger charge is 2.21. The molecule has 3 rings (SSSR count). The number of nitrogens with zero attached hydrogens (tertiary/aromatic N) is 2. The maximum absolute atomic E-state index is 12.4. The van der Waals surface area contributed by atoms with Crippen molar-refractivity contribution in [3.05, 3.63) is 18.0 Å². The first-order valence-electron chi connectivity index (χ1n) is 14.9. The van der Waals surface area contributed by atoms with E-state index in [4.69, 9.17) is 19.2 Å². The molecule has 0 atom stereocenters. The molecule has 0 saturated heterocycles. The first-order valence-corrected chi connectivity index (χ1v) is 14.9. The Bertz CT molecular complexity index is 903. The van der Waals surface area contributed by atoms with E-state index in [0.717, 1.165) is 41.3 Å². The van der Waals surface area contributed by atoms with Crippen LogP contribution in [-0.4, -0.2) is 62.7 Å². The summed E-state index contributed by atoms with van der Waals surface area (Å²) in [6.07, 6.45) is 12.7. The molecule has 0 spiro atoms. The highest BCUT2D eigenvalue weighted by atomic mass is 16.6. The van der Waals surface area contributed by atoms with Crippen molar-refractivity contribution in [1.82, 2.24) is 9.97 Å². The van der Waals surface area contributed by atoms with Crippen molar-refractivity contribution in [2.75, 3.05) is 56.8 Å². The number of imidazole rings is 1. The van der Waals surface area contributed by atoms with Gasteiger partial charge in [0.15, 0.2) is 0 Å². The predicted molar refractivity (Wildman–Crippen MR) is 158 cm³/mol. The molecular weight excluding hydrogens is 480 g/mol. The van der Waals surface area contributed by atoms with Crippen molar-refractivity contribution < 1.29 is 19.0 Å². The molecule has 1 amide bonds. The topological polar surface area (TPSA) is 88.7 Å². The number of nitrogens with one attached hydrogen (secondary N) is 2. The molecular formula is C30H52N4O4. The molecule has 1 aliphatic rings. The number of ether oxygens (including phenoxy) is 3. The molecule has 8 nitrogen and oxygen atoms in total. The zero-order valence-electron chi connectivity index (χ0n) is 24.6. The van der Waals surface area contributed by atoms with Crippen LogP contribution >= 0.6 is 0 Å². The van der Waals surface area contributed by atoms with Crippen molar-refractivity contribution in [2.45, 2.75) is 97.8 Å². The molecule has 0 bridgehead atoms. The third kappa shape index (κ3) is 10.8. The van der Waals surface area contributed by atoms with E-state index < -0.39 is 6.09 Å². The van der Waals surface area contributed by atoms with E-state index in [2.05, 4.69) is 49.0 Å². The number of unbranched alkanes of at least 4 members (excludes halogenated alkanes) is 4. The number of aromatic nitrogens is 2. The summed E-state index contributed by atoms with van der Waals surface area (Å²) < 4.78 is 15.5. The van der Waals surface area contributed by atoms with Gasteiger partial charge in [-0.3, -0.25) is 5.32 Å². The van der Waals surface area contributed by atoms with Crippen molar-refractivity contribution in [2.24, 2.45) is 0 Å². The second-order valence-corrected chi connectivity index (χ2v) is 9.94. The number of aromatic amines is 1.